The van der Waals surface area contributed by atoms with Crippen molar-refractivity contribution >= 4 is 23.5 Å². The smallest absolute Gasteiger partial charge is 0.339 e. The van der Waals surface area contributed by atoms with Crippen molar-refractivity contribution in [2.75, 3.05) is 24.2 Å². The van der Waals surface area contributed by atoms with Gasteiger partial charge in [0.2, 0.25) is 0 Å². The van der Waals surface area contributed by atoms with Gasteiger partial charge in [-0.3, -0.25) is 0 Å². The zero-order chi connectivity index (χ0) is 12.8. The van der Waals surface area contributed by atoms with E-state index in [1.165, 1.54) is 18.6 Å². The van der Waals surface area contributed by atoms with Crippen LogP contribution in [0.5, 0.6) is 0 Å². The minimum absolute atomic E-state index is 0.317. The molecule has 2 heterocycles. The van der Waals surface area contributed by atoms with E-state index in [-0.39, 0.29) is 5.97 Å². The molecule has 1 aromatic heterocycles. The molecular formula is C13H18N2O2S. The molecule has 0 aliphatic carbocycles. The van der Waals surface area contributed by atoms with E-state index in [4.69, 9.17) is 4.74 Å². The van der Waals surface area contributed by atoms with E-state index in [0.717, 1.165) is 12.4 Å². The summed E-state index contributed by atoms with van der Waals surface area (Å²) < 4.78 is 4.91. The van der Waals surface area contributed by atoms with Crippen LogP contribution in [0.3, 0.4) is 0 Å². The number of thioether (sulfide) groups is 1. The Balaban J connectivity index is 1.85. The molecule has 2 rings (SSSR count). The second kappa shape index (κ2) is 6.64. The van der Waals surface area contributed by atoms with Crippen molar-refractivity contribution in [1.82, 2.24) is 4.98 Å². The maximum absolute atomic E-state index is 11.4. The minimum atomic E-state index is -0.317. The van der Waals surface area contributed by atoms with Crippen molar-refractivity contribution in [2.45, 2.75) is 25.0 Å². The summed E-state index contributed by atoms with van der Waals surface area (Å²) in [6.45, 7) is 3.12. The molecule has 0 aromatic carbocycles. The van der Waals surface area contributed by atoms with Crippen LogP contribution in [-0.4, -0.2) is 35.1 Å². The molecule has 1 aliphatic rings. The van der Waals surface area contributed by atoms with Gasteiger partial charge < -0.3 is 10.1 Å². The normalized spacial score (nSPS) is 18.6. The Morgan fingerprint density at radius 3 is 3.11 bits per heavy atom. The summed E-state index contributed by atoms with van der Waals surface area (Å²) in [7, 11) is 0. The Kier molecular flexibility index (Phi) is 4.87. The highest BCUT2D eigenvalue weighted by atomic mass is 32.2. The first kappa shape index (κ1) is 13.2. The fourth-order valence-corrected chi connectivity index (χ4v) is 3.06. The van der Waals surface area contributed by atoms with Crippen LogP contribution in [0.15, 0.2) is 18.3 Å². The second-order valence-corrected chi connectivity index (χ2v) is 5.58. The second-order valence-electron chi connectivity index (χ2n) is 4.17. The number of carbonyl (C=O) groups excluding carboxylic acids is 1. The SMILES string of the molecule is CCOC(=O)c1ccc(NCC2CCCS2)nc1. The lowest BCUT2D eigenvalue weighted by atomic mass is 10.2. The third-order valence-electron chi connectivity index (χ3n) is 2.81. The summed E-state index contributed by atoms with van der Waals surface area (Å²) in [4.78, 5) is 15.7. The van der Waals surface area contributed by atoms with Crippen LogP contribution >= 0.6 is 11.8 Å². The number of anilines is 1. The lowest BCUT2D eigenvalue weighted by Gasteiger charge is -2.10. The highest BCUT2D eigenvalue weighted by Crippen LogP contribution is 2.26. The highest BCUT2D eigenvalue weighted by Gasteiger charge is 2.15. The standard InChI is InChI=1S/C13H18N2O2S/c1-2-17-13(16)10-5-6-12(14-8-10)15-9-11-4-3-7-18-11/h5-6,8,11H,2-4,7,9H2,1H3,(H,14,15). The van der Waals surface area contributed by atoms with E-state index >= 15 is 0 Å². The van der Waals surface area contributed by atoms with Crippen LogP contribution in [0.2, 0.25) is 0 Å². The number of aromatic nitrogens is 1. The zero-order valence-electron chi connectivity index (χ0n) is 10.5. The molecule has 0 bridgehead atoms. The molecular weight excluding hydrogens is 248 g/mol. The van der Waals surface area contributed by atoms with E-state index in [1.54, 1.807) is 19.2 Å². The van der Waals surface area contributed by atoms with E-state index in [0.29, 0.717) is 17.4 Å². The Hall–Kier alpha value is -1.23. The number of hydrogen-bond acceptors (Lipinski definition) is 5. The first-order valence-electron chi connectivity index (χ1n) is 6.28. The van der Waals surface area contributed by atoms with E-state index in [9.17, 15) is 4.79 Å². The van der Waals surface area contributed by atoms with Crippen LogP contribution in [0, 0.1) is 0 Å². The van der Waals surface area contributed by atoms with Crippen molar-refractivity contribution in [1.29, 1.82) is 0 Å². The maximum Gasteiger partial charge on any atom is 0.339 e. The van der Waals surface area contributed by atoms with Gasteiger partial charge in [-0.05, 0) is 37.7 Å². The average Bonchev–Trinajstić information content (AvgIpc) is 2.90. The highest BCUT2D eigenvalue weighted by molar-refractivity contribution is 8.00. The molecule has 4 nitrogen and oxygen atoms in total. The molecule has 1 fully saturated rings. The molecule has 98 valence electrons. The summed E-state index contributed by atoms with van der Waals surface area (Å²) >= 11 is 2.01. The van der Waals surface area contributed by atoms with Crippen molar-refractivity contribution in [3.05, 3.63) is 23.9 Å². The lowest BCUT2D eigenvalue weighted by Crippen LogP contribution is -2.14. The van der Waals surface area contributed by atoms with Gasteiger partial charge in [-0.1, -0.05) is 0 Å². The van der Waals surface area contributed by atoms with Crippen LogP contribution in [0.1, 0.15) is 30.1 Å². The van der Waals surface area contributed by atoms with Gasteiger partial charge in [0.1, 0.15) is 5.82 Å². The Morgan fingerprint density at radius 1 is 1.61 bits per heavy atom. The minimum Gasteiger partial charge on any atom is -0.462 e. The van der Waals surface area contributed by atoms with Gasteiger partial charge in [-0.25, -0.2) is 9.78 Å². The molecule has 0 spiro atoms. The Labute approximate surface area is 112 Å². The maximum atomic E-state index is 11.4. The summed E-state index contributed by atoms with van der Waals surface area (Å²) in [6.07, 6.45) is 4.15. The molecule has 0 saturated carbocycles. The van der Waals surface area contributed by atoms with Crippen LogP contribution in [0.25, 0.3) is 0 Å². The predicted molar refractivity (Wildman–Crippen MR) is 74.2 cm³/mol. The van der Waals surface area contributed by atoms with Crippen LogP contribution in [-0.2, 0) is 4.74 Å². The van der Waals surface area contributed by atoms with Gasteiger partial charge in [0.15, 0.2) is 0 Å². The summed E-state index contributed by atoms with van der Waals surface area (Å²) in [5.74, 6) is 1.76. The Morgan fingerprint density at radius 2 is 2.50 bits per heavy atom. The van der Waals surface area contributed by atoms with E-state index in [1.807, 2.05) is 17.8 Å². The third-order valence-corrected chi connectivity index (χ3v) is 4.21. The number of carbonyl (C=O) groups is 1. The largest absolute Gasteiger partial charge is 0.462 e. The van der Waals surface area contributed by atoms with Gasteiger partial charge in [0, 0.05) is 18.0 Å². The summed E-state index contributed by atoms with van der Waals surface area (Å²) in [6, 6.07) is 3.57. The summed E-state index contributed by atoms with van der Waals surface area (Å²) in [5, 5.41) is 3.99. The van der Waals surface area contributed by atoms with Gasteiger partial charge in [0.05, 0.1) is 12.2 Å². The molecule has 1 unspecified atom stereocenters. The molecule has 1 saturated heterocycles. The fourth-order valence-electron chi connectivity index (χ4n) is 1.86. The van der Waals surface area contributed by atoms with E-state index in [2.05, 4.69) is 10.3 Å². The van der Waals surface area contributed by atoms with Crippen molar-refractivity contribution in [3.8, 4) is 0 Å². The Bertz CT molecular complexity index is 388. The quantitative estimate of drug-likeness (QED) is 0.830. The molecule has 1 N–H and O–H groups in total. The zero-order valence-corrected chi connectivity index (χ0v) is 11.3. The molecule has 0 amide bonds. The molecule has 1 aromatic rings. The number of esters is 1. The fraction of sp³-hybridized carbons (Fsp3) is 0.538. The lowest BCUT2D eigenvalue weighted by molar-refractivity contribution is 0.0526. The number of hydrogen-bond donors (Lipinski definition) is 1. The van der Waals surface area contributed by atoms with Gasteiger partial charge in [-0.15, -0.1) is 0 Å². The first-order chi connectivity index (χ1) is 8.79. The number of nitrogens with zero attached hydrogens (tertiary/aromatic N) is 1. The number of nitrogens with one attached hydrogen (secondary N) is 1. The number of ether oxygens (including phenoxy) is 1. The van der Waals surface area contributed by atoms with Gasteiger partial charge >= 0.3 is 5.97 Å². The van der Waals surface area contributed by atoms with Crippen molar-refractivity contribution in [3.63, 3.8) is 0 Å². The monoisotopic (exact) mass is 266 g/mol. The molecule has 18 heavy (non-hydrogen) atoms. The summed E-state index contributed by atoms with van der Waals surface area (Å²) in [5.41, 5.74) is 0.498. The van der Waals surface area contributed by atoms with Gasteiger partial charge in [0.25, 0.3) is 0 Å². The predicted octanol–water partition coefficient (Wildman–Crippen LogP) is 2.57. The molecule has 0 radical (unpaired) electrons. The molecule has 1 atom stereocenters. The topological polar surface area (TPSA) is 51.2 Å². The van der Waals surface area contributed by atoms with Gasteiger partial charge in [-0.2, -0.15) is 11.8 Å². The number of pyridine rings is 1. The first-order valence-corrected chi connectivity index (χ1v) is 7.33. The molecule has 5 heteroatoms. The van der Waals surface area contributed by atoms with Crippen LogP contribution in [0.4, 0.5) is 5.82 Å². The van der Waals surface area contributed by atoms with Crippen LogP contribution < -0.4 is 5.32 Å². The van der Waals surface area contributed by atoms with Crippen molar-refractivity contribution < 1.29 is 9.53 Å². The van der Waals surface area contributed by atoms with Crippen molar-refractivity contribution in [2.24, 2.45) is 0 Å². The number of rotatable bonds is 5. The third kappa shape index (κ3) is 3.63. The van der Waals surface area contributed by atoms with E-state index < -0.39 is 0 Å². The average molecular weight is 266 g/mol. The molecule has 1 aliphatic heterocycles.